The van der Waals surface area contributed by atoms with E-state index in [1.165, 1.54) is 24.4 Å². The molecule has 1 heterocycles. The summed E-state index contributed by atoms with van der Waals surface area (Å²) in [5.74, 6) is -0.725. The highest BCUT2D eigenvalue weighted by atomic mass is 19.1. The molecule has 86 valence electrons. The van der Waals surface area contributed by atoms with Crippen LogP contribution in [0.4, 0.5) is 15.9 Å². The molecule has 0 saturated heterocycles. The van der Waals surface area contributed by atoms with Gasteiger partial charge in [0.2, 0.25) is 0 Å². The molecule has 0 aliphatic rings. The Labute approximate surface area is 97.3 Å². The van der Waals surface area contributed by atoms with Gasteiger partial charge < -0.3 is 11.1 Å². The minimum Gasteiger partial charge on any atom is -0.384 e. The van der Waals surface area contributed by atoms with Crippen LogP contribution in [-0.4, -0.2) is 10.9 Å². The van der Waals surface area contributed by atoms with Gasteiger partial charge in [-0.3, -0.25) is 4.79 Å². The largest absolute Gasteiger partial charge is 0.384 e. The highest BCUT2D eigenvalue weighted by Gasteiger charge is 2.10. The van der Waals surface area contributed by atoms with E-state index in [9.17, 15) is 9.18 Å². The fraction of sp³-hybridized carbons (Fsp3) is 0. The summed E-state index contributed by atoms with van der Waals surface area (Å²) in [6, 6.07) is 8.92. The predicted molar refractivity (Wildman–Crippen MR) is 63.0 cm³/mol. The molecule has 0 radical (unpaired) electrons. The average Bonchev–Trinajstić information content (AvgIpc) is 2.32. The number of rotatable bonds is 2. The molecular formula is C12H10FN3O. The Hall–Kier alpha value is -2.43. The van der Waals surface area contributed by atoms with Crippen LogP contribution in [0.3, 0.4) is 0 Å². The number of hydrogen-bond acceptors (Lipinski definition) is 3. The lowest BCUT2D eigenvalue weighted by molar-refractivity contribution is 0.102. The summed E-state index contributed by atoms with van der Waals surface area (Å²) in [5, 5.41) is 2.53. The van der Waals surface area contributed by atoms with E-state index >= 15 is 0 Å². The second kappa shape index (κ2) is 4.61. The van der Waals surface area contributed by atoms with Gasteiger partial charge in [-0.2, -0.15) is 0 Å². The zero-order valence-electron chi connectivity index (χ0n) is 8.85. The molecule has 0 atom stereocenters. The number of hydrogen-bond donors (Lipinski definition) is 2. The molecule has 0 saturated carbocycles. The van der Waals surface area contributed by atoms with Crippen molar-refractivity contribution in [2.24, 2.45) is 0 Å². The molecule has 0 fully saturated rings. The van der Waals surface area contributed by atoms with Gasteiger partial charge in [0.1, 0.15) is 11.6 Å². The van der Waals surface area contributed by atoms with Gasteiger partial charge in [0.25, 0.3) is 5.91 Å². The molecule has 3 N–H and O–H groups in total. The third-order valence-corrected chi connectivity index (χ3v) is 2.16. The molecule has 5 heteroatoms. The zero-order valence-corrected chi connectivity index (χ0v) is 8.85. The van der Waals surface area contributed by atoms with Crippen molar-refractivity contribution >= 4 is 17.4 Å². The van der Waals surface area contributed by atoms with Crippen molar-refractivity contribution in [2.75, 3.05) is 11.1 Å². The highest BCUT2D eigenvalue weighted by molar-refractivity contribution is 6.04. The Morgan fingerprint density at radius 2 is 2.00 bits per heavy atom. The van der Waals surface area contributed by atoms with Gasteiger partial charge in [0.05, 0.1) is 17.4 Å². The molecule has 2 rings (SSSR count). The first-order valence-corrected chi connectivity index (χ1v) is 4.94. The number of anilines is 2. The molecule has 0 unspecified atom stereocenters. The van der Waals surface area contributed by atoms with E-state index in [0.29, 0.717) is 11.5 Å². The average molecular weight is 231 g/mol. The molecule has 0 aliphatic carbocycles. The second-order valence-corrected chi connectivity index (χ2v) is 3.41. The first kappa shape index (κ1) is 11.1. The Bertz CT molecular complexity index is 540. The van der Waals surface area contributed by atoms with Gasteiger partial charge in [-0.25, -0.2) is 9.37 Å². The van der Waals surface area contributed by atoms with Crippen LogP contribution >= 0.6 is 0 Å². The summed E-state index contributed by atoms with van der Waals surface area (Å²) in [7, 11) is 0. The van der Waals surface area contributed by atoms with Crippen LogP contribution in [0.2, 0.25) is 0 Å². The molecule has 1 aromatic carbocycles. The molecular weight excluding hydrogens is 221 g/mol. The number of nitrogens with one attached hydrogen (secondary N) is 1. The number of nitrogens with zero attached hydrogens (tertiary/aromatic N) is 1. The summed E-state index contributed by atoms with van der Waals surface area (Å²) in [5.41, 5.74) is 5.86. The van der Waals surface area contributed by atoms with Gasteiger partial charge in [-0.05, 0) is 24.3 Å². The number of carbonyl (C=O) groups is 1. The first-order valence-electron chi connectivity index (χ1n) is 4.94. The molecule has 0 spiro atoms. The van der Waals surface area contributed by atoms with Crippen LogP contribution in [0.5, 0.6) is 0 Å². The lowest BCUT2D eigenvalue weighted by Gasteiger charge is -2.05. The molecule has 0 bridgehead atoms. The monoisotopic (exact) mass is 231 g/mol. The van der Waals surface area contributed by atoms with E-state index in [0.717, 1.165) is 0 Å². The standard InChI is InChI=1S/C12H10FN3O/c13-10-4-2-1-3-9(10)12(17)16-8-5-6-11(14)15-7-8/h1-7H,(H2,14,15)(H,16,17). The summed E-state index contributed by atoms with van der Waals surface area (Å²) < 4.78 is 13.3. The van der Waals surface area contributed by atoms with Gasteiger partial charge >= 0.3 is 0 Å². The Morgan fingerprint density at radius 1 is 1.24 bits per heavy atom. The maximum absolute atomic E-state index is 13.3. The Kier molecular flexibility index (Phi) is 3.00. The normalized spacial score (nSPS) is 9.94. The van der Waals surface area contributed by atoms with Gasteiger partial charge in [0, 0.05) is 0 Å². The number of carbonyl (C=O) groups excluding carboxylic acids is 1. The highest BCUT2D eigenvalue weighted by Crippen LogP contribution is 2.11. The van der Waals surface area contributed by atoms with Crippen LogP contribution in [0.1, 0.15) is 10.4 Å². The van der Waals surface area contributed by atoms with E-state index in [2.05, 4.69) is 10.3 Å². The van der Waals surface area contributed by atoms with Crippen LogP contribution in [0.25, 0.3) is 0 Å². The van der Waals surface area contributed by atoms with Gasteiger partial charge in [-0.15, -0.1) is 0 Å². The summed E-state index contributed by atoms with van der Waals surface area (Å²) in [6.07, 6.45) is 1.41. The summed E-state index contributed by atoms with van der Waals surface area (Å²) >= 11 is 0. The second-order valence-electron chi connectivity index (χ2n) is 3.41. The van der Waals surface area contributed by atoms with Gasteiger partial charge in [0.15, 0.2) is 0 Å². The quantitative estimate of drug-likeness (QED) is 0.831. The third-order valence-electron chi connectivity index (χ3n) is 2.16. The minimum atomic E-state index is -0.562. The first-order chi connectivity index (χ1) is 8.16. The molecule has 2 aromatic rings. The van der Waals surface area contributed by atoms with E-state index < -0.39 is 11.7 Å². The molecule has 17 heavy (non-hydrogen) atoms. The van der Waals surface area contributed by atoms with Crippen molar-refractivity contribution < 1.29 is 9.18 Å². The number of benzene rings is 1. The van der Waals surface area contributed by atoms with Gasteiger partial charge in [-0.1, -0.05) is 12.1 Å². The fourth-order valence-corrected chi connectivity index (χ4v) is 1.32. The SMILES string of the molecule is Nc1ccc(NC(=O)c2ccccc2F)cn1. The van der Waals surface area contributed by atoms with Crippen LogP contribution in [0.15, 0.2) is 42.6 Å². The van der Waals surface area contributed by atoms with E-state index in [1.54, 1.807) is 18.2 Å². The number of nitrogens with two attached hydrogens (primary N) is 1. The van der Waals surface area contributed by atoms with Crippen LogP contribution < -0.4 is 11.1 Å². The van der Waals surface area contributed by atoms with Crippen molar-refractivity contribution in [1.82, 2.24) is 4.98 Å². The number of pyridine rings is 1. The van der Waals surface area contributed by atoms with E-state index in [4.69, 9.17) is 5.73 Å². The Morgan fingerprint density at radius 3 is 2.65 bits per heavy atom. The molecule has 0 aliphatic heterocycles. The van der Waals surface area contributed by atoms with Crippen molar-refractivity contribution in [1.29, 1.82) is 0 Å². The maximum atomic E-state index is 13.3. The predicted octanol–water partition coefficient (Wildman–Crippen LogP) is 2.06. The zero-order chi connectivity index (χ0) is 12.3. The van der Waals surface area contributed by atoms with Crippen molar-refractivity contribution in [2.45, 2.75) is 0 Å². The van der Waals surface area contributed by atoms with Crippen LogP contribution in [-0.2, 0) is 0 Å². The number of halogens is 1. The lowest BCUT2D eigenvalue weighted by Crippen LogP contribution is -2.13. The summed E-state index contributed by atoms with van der Waals surface area (Å²) in [6.45, 7) is 0. The summed E-state index contributed by atoms with van der Waals surface area (Å²) in [4.78, 5) is 15.5. The van der Waals surface area contributed by atoms with Crippen molar-refractivity contribution in [3.63, 3.8) is 0 Å². The molecule has 4 nitrogen and oxygen atoms in total. The minimum absolute atomic E-state index is 0.00988. The smallest absolute Gasteiger partial charge is 0.258 e. The number of amides is 1. The molecule has 1 aromatic heterocycles. The van der Waals surface area contributed by atoms with E-state index in [1.807, 2.05) is 0 Å². The lowest BCUT2D eigenvalue weighted by atomic mass is 10.2. The topological polar surface area (TPSA) is 68.0 Å². The number of aromatic nitrogens is 1. The third kappa shape index (κ3) is 2.57. The fourth-order valence-electron chi connectivity index (χ4n) is 1.32. The van der Waals surface area contributed by atoms with E-state index in [-0.39, 0.29) is 5.56 Å². The Balaban J connectivity index is 2.17. The number of nitrogen functional groups attached to an aromatic ring is 1. The van der Waals surface area contributed by atoms with Crippen molar-refractivity contribution in [3.8, 4) is 0 Å². The molecule has 1 amide bonds. The maximum Gasteiger partial charge on any atom is 0.258 e. The van der Waals surface area contributed by atoms with Crippen LogP contribution in [0, 0.1) is 5.82 Å². The van der Waals surface area contributed by atoms with Crippen molar-refractivity contribution in [3.05, 3.63) is 54.0 Å².